The Morgan fingerprint density at radius 2 is 1.86 bits per heavy atom. The number of nitrogens with one attached hydrogen (secondary N) is 1. The lowest BCUT2D eigenvalue weighted by molar-refractivity contribution is -0.114. The number of amides is 1. The van der Waals surface area contributed by atoms with Crippen molar-refractivity contribution in [1.82, 2.24) is 0 Å². The van der Waals surface area contributed by atoms with E-state index in [0.29, 0.717) is 0 Å². The van der Waals surface area contributed by atoms with Gasteiger partial charge in [-0.3, -0.25) is 4.79 Å². The van der Waals surface area contributed by atoms with Crippen LogP contribution in [-0.2, 0) is 4.79 Å². The minimum atomic E-state index is -1.53. The number of hydrogen-bond donors (Lipinski definition) is 1. The van der Waals surface area contributed by atoms with Crippen molar-refractivity contribution >= 4 is 11.6 Å². The zero-order valence-electron chi connectivity index (χ0n) is 7.62. The van der Waals surface area contributed by atoms with E-state index in [9.17, 15) is 18.0 Å². The first-order valence-electron chi connectivity index (χ1n) is 3.85. The first-order valence-corrected chi connectivity index (χ1v) is 3.85. The average molecular weight is 203 g/mol. The second-order valence-corrected chi connectivity index (χ2v) is 2.84. The molecule has 0 unspecified atom stereocenters. The third-order valence-corrected chi connectivity index (χ3v) is 1.72. The third kappa shape index (κ3) is 1.86. The van der Waals surface area contributed by atoms with Crippen molar-refractivity contribution < 1.29 is 18.0 Å². The Kier molecular flexibility index (Phi) is 2.78. The Bertz CT molecular complexity index is 390. The molecule has 0 radical (unpaired) electrons. The van der Waals surface area contributed by atoms with Crippen molar-refractivity contribution in [2.45, 2.75) is 13.8 Å². The summed E-state index contributed by atoms with van der Waals surface area (Å²) in [7, 11) is 0. The molecule has 0 aromatic heterocycles. The molecule has 0 atom stereocenters. The average Bonchev–Trinajstić information content (AvgIpc) is 2.10. The molecular weight excluding hydrogens is 195 g/mol. The molecule has 0 spiro atoms. The fourth-order valence-electron chi connectivity index (χ4n) is 1.01. The smallest absolute Gasteiger partial charge is 0.221 e. The molecule has 0 saturated carbocycles. The van der Waals surface area contributed by atoms with Gasteiger partial charge in [-0.05, 0) is 6.92 Å². The number of carbonyl (C=O) groups excluding carboxylic acids is 1. The van der Waals surface area contributed by atoms with Crippen LogP contribution in [0.2, 0.25) is 0 Å². The first-order chi connectivity index (χ1) is 6.43. The first kappa shape index (κ1) is 10.6. The van der Waals surface area contributed by atoms with Crippen LogP contribution in [0.3, 0.4) is 0 Å². The van der Waals surface area contributed by atoms with E-state index in [1.165, 1.54) is 13.8 Å². The maximum Gasteiger partial charge on any atom is 0.221 e. The highest BCUT2D eigenvalue weighted by Gasteiger charge is 2.15. The Morgan fingerprint density at radius 1 is 1.29 bits per heavy atom. The summed E-state index contributed by atoms with van der Waals surface area (Å²) in [5, 5.41) is 2.20. The predicted molar refractivity (Wildman–Crippen MR) is 45.4 cm³/mol. The van der Waals surface area contributed by atoms with Crippen LogP contribution in [0.5, 0.6) is 0 Å². The van der Waals surface area contributed by atoms with Crippen molar-refractivity contribution in [3.8, 4) is 0 Å². The SMILES string of the molecule is CC(=O)Nc1cc(F)c(F)c(F)c1C. The van der Waals surface area contributed by atoms with Crippen LogP contribution < -0.4 is 5.32 Å². The van der Waals surface area contributed by atoms with Gasteiger partial charge in [0.1, 0.15) is 0 Å². The zero-order chi connectivity index (χ0) is 10.9. The van der Waals surface area contributed by atoms with Gasteiger partial charge in [-0.25, -0.2) is 13.2 Å². The summed E-state index contributed by atoms with van der Waals surface area (Å²) < 4.78 is 38.3. The lowest BCUT2D eigenvalue weighted by Crippen LogP contribution is -2.09. The van der Waals surface area contributed by atoms with Gasteiger partial charge >= 0.3 is 0 Å². The largest absolute Gasteiger partial charge is 0.326 e. The molecule has 2 nitrogen and oxygen atoms in total. The van der Waals surface area contributed by atoms with Gasteiger partial charge in [0, 0.05) is 24.2 Å². The monoisotopic (exact) mass is 203 g/mol. The van der Waals surface area contributed by atoms with Crippen LogP contribution in [0.25, 0.3) is 0 Å². The topological polar surface area (TPSA) is 29.1 Å². The van der Waals surface area contributed by atoms with Crippen molar-refractivity contribution in [3.05, 3.63) is 29.1 Å². The maximum atomic E-state index is 12.9. The van der Waals surface area contributed by atoms with Crippen molar-refractivity contribution in [2.75, 3.05) is 5.32 Å². The van der Waals surface area contributed by atoms with Gasteiger partial charge in [-0.2, -0.15) is 0 Å². The van der Waals surface area contributed by atoms with Crippen LogP contribution in [0.1, 0.15) is 12.5 Å². The summed E-state index contributed by atoms with van der Waals surface area (Å²) >= 11 is 0. The summed E-state index contributed by atoms with van der Waals surface area (Å²) in [5.74, 6) is -4.61. The van der Waals surface area contributed by atoms with E-state index in [2.05, 4.69) is 5.32 Å². The molecule has 1 amide bonds. The van der Waals surface area contributed by atoms with Crippen LogP contribution in [-0.4, -0.2) is 5.91 Å². The molecule has 0 heterocycles. The van der Waals surface area contributed by atoms with E-state index < -0.39 is 23.4 Å². The van der Waals surface area contributed by atoms with Crippen molar-refractivity contribution in [2.24, 2.45) is 0 Å². The lowest BCUT2D eigenvalue weighted by atomic mass is 10.1. The van der Waals surface area contributed by atoms with E-state index >= 15 is 0 Å². The highest BCUT2D eigenvalue weighted by atomic mass is 19.2. The number of rotatable bonds is 1. The van der Waals surface area contributed by atoms with Crippen LogP contribution in [0.4, 0.5) is 18.9 Å². The molecular formula is C9H8F3NO. The van der Waals surface area contributed by atoms with E-state index in [0.717, 1.165) is 6.07 Å². The Morgan fingerprint density at radius 3 is 2.36 bits per heavy atom. The number of halogens is 3. The second-order valence-electron chi connectivity index (χ2n) is 2.84. The normalized spacial score (nSPS) is 10.1. The van der Waals surface area contributed by atoms with Gasteiger partial charge in [0.25, 0.3) is 0 Å². The van der Waals surface area contributed by atoms with Crippen molar-refractivity contribution in [1.29, 1.82) is 0 Å². The van der Waals surface area contributed by atoms with Crippen LogP contribution in [0.15, 0.2) is 6.07 Å². The highest BCUT2D eigenvalue weighted by Crippen LogP contribution is 2.23. The molecule has 14 heavy (non-hydrogen) atoms. The van der Waals surface area contributed by atoms with E-state index in [1.807, 2.05) is 0 Å². The summed E-state index contributed by atoms with van der Waals surface area (Å²) in [4.78, 5) is 10.6. The van der Waals surface area contributed by atoms with Gasteiger partial charge in [0.05, 0.1) is 0 Å². The lowest BCUT2D eigenvalue weighted by Gasteiger charge is -2.08. The molecule has 76 valence electrons. The molecule has 0 saturated heterocycles. The number of hydrogen-bond acceptors (Lipinski definition) is 1. The summed E-state index contributed by atoms with van der Waals surface area (Å²) in [5.41, 5.74) is -0.187. The minimum absolute atomic E-state index is 0.0612. The zero-order valence-corrected chi connectivity index (χ0v) is 7.62. The van der Waals surface area contributed by atoms with Crippen LogP contribution >= 0.6 is 0 Å². The van der Waals surface area contributed by atoms with Gasteiger partial charge in [0.2, 0.25) is 5.91 Å². The Hall–Kier alpha value is -1.52. The summed E-state index contributed by atoms with van der Waals surface area (Å²) in [6.45, 7) is 2.45. The van der Waals surface area contributed by atoms with Gasteiger partial charge in [-0.15, -0.1) is 0 Å². The van der Waals surface area contributed by atoms with E-state index in [4.69, 9.17) is 0 Å². The Labute approximate surface area is 78.7 Å². The quantitative estimate of drug-likeness (QED) is 0.697. The van der Waals surface area contributed by atoms with Gasteiger partial charge < -0.3 is 5.32 Å². The van der Waals surface area contributed by atoms with Crippen LogP contribution in [0, 0.1) is 24.4 Å². The molecule has 0 aliphatic rings. The van der Waals surface area contributed by atoms with E-state index in [1.54, 1.807) is 0 Å². The number of benzene rings is 1. The van der Waals surface area contributed by atoms with Gasteiger partial charge in [0.15, 0.2) is 17.5 Å². The second kappa shape index (κ2) is 3.69. The molecule has 0 fully saturated rings. The third-order valence-electron chi connectivity index (χ3n) is 1.72. The molecule has 0 aliphatic heterocycles. The molecule has 1 aromatic rings. The van der Waals surface area contributed by atoms with E-state index in [-0.39, 0.29) is 11.3 Å². The molecule has 1 aromatic carbocycles. The minimum Gasteiger partial charge on any atom is -0.326 e. The van der Waals surface area contributed by atoms with Gasteiger partial charge in [-0.1, -0.05) is 0 Å². The predicted octanol–water partition coefficient (Wildman–Crippen LogP) is 2.37. The molecule has 5 heteroatoms. The Balaban J connectivity index is 3.25. The fraction of sp³-hybridized carbons (Fsp3) is 0.222. The molecule has 0 aliphatic carbocycles. The standard InChI is InChI=1S/C9H8F3NO/c1-4-7(13-5(2)14)3-6(10)9(12)8(4)11/h3H,1-2H3,(H,13,14). The summed E-state index contributed by atoms with van der Waals surface area (Å²) in [6.07, 6.45) is 0. The molecule has 1 rings (SSSR count). The number of carbonyl (C=O) groups is 1. The molecule has 0 bridgehead atoms. The summed E-state index contributed by atoms with van der Waals surface area (Å²) in [6, 6.07) is 0.745. The fourth-order valence-corrected chi connectivity index (χ4v) is 1.01. The highest BCUT2D eigenvalue weighted by molar-refractivity contribution is 5.89. The maximum absolute atomic E-state index is 12.9. The van der Waals surface area contributed by atoms with Crippen molar-refractivity contribution in [3.63, 3.8) is 0 Å². The number of anilines is 1. The molecule has 1 N–H and O–H groups in total.